The van der Waals surface area contributed by atoms with E-state index < -0.39 is 23.3 Å². The van der Waals surface area contributed by atoms with Crippen LogP contribution in [0.1, 0.15) is 24.2 Å². The number of ether oxygens (including phenoxy) is 3. The first-order valence-electron chi connectivity index (χ1n) is 12.1. The summed E-state index contributed by atoms with van der Waals surface area (Å²) in [7, 11) is 2.83. The third-order valence-electron chi connectivity index (χ3n) is 6.42. The van der Waals surface area contributed by atoms with Crippen LogP contribution in [0.3, 0.4) is 0 Å². The second-order valence-electron chi connectivity index (χ2n) is 8.64. The van der Waals surface area contributed by atoms with Crippen molar-refractivity contribution < 1.29 is 28.6 Å². The Hall–Kier alpha value is -3.43. The number of hydrogen-bond acceptors (Lipinski definition) is 7. The Balaban J connectivity index is 1.64. The van der Waals surface area contributed by atoms with Crippen LogP contribution < -0.4 is 10.1 Å². The normalized spacial score (nSPS) is 15.4. The number of nitrogens with one attached hydrogen (secondary N) is 1. The number of benzene rings is 2. The van der Waals surface area contributed by atoms with Crippen molar-refractivity contribution in [1.82, 2.24) is 15.1 Å². The molecule has 1 fully saturated rings. The van der Waals surface area contributed by atoms with E-state index in [0.29, 0.717) is 12.2 Å². The minimum atomic E-state index is -1.79. The molecule has 0 aromatic heterocycles. The van der Waals surface area contributed by atoms with E-state index in [1.165, 1.54) is 21.0 Å². The number of morpholine rings is 1. The summed E-state index contributed by atoms with van der Waals surface area (Å²) in [4.78, 5) is 41.7. The highest BCUT2D eigenvalue weighted by atomic mass is 16.5. The molecule has 2 aromatic carbocycles. The Morgan fingerprint density at radius 3 is 2.17 bits per heavy atom. The highest BCUT2D eigenvalue weighted by molar-refractivity contribution is 6.11. The molecule has 0 unspecified atom stereocenters. The van der Waals surface area contributed by atoms with E-state index in [2.05, 4.69) is 10.2 Å². The summed E-state index contributed by atoms with van der Waals surface area (Å²) in [5.74, 6) is -1.08. The van der Waals surface area contributed by atoms with Gasteiger partial charge in [-0.25, -0.2) is 4.79 Å². The Morgan fingerprint density at radius 2 is 1.61 bits per heavy atom. The fourth-order valence-corrected chi connectivity index (χ4v) is 3.96. The first-order valence-corrected chi connectivity index (χ1v) is 12.1. The molecule has 9 heteroatoms. The molecule has 0 saturated carbocycles. The Bertz CT molecular complexity index is 1030. The van der Waals surface area contributed by atoms with Gasteiger partial charge < -0.3 is 24.4 Å². The van der Waals surface area contributed by atoms with Gasteiger partial charge in [0.25, 0.3) is 11.8 Å². The van der Waals surface area contributed by atoms with Gasteiger partial charge in [0.15, 0.2) is 0 Å². The van der Waals surface area contributed by atoms with Crippen molar-refractivity contribution in [3.8, 4) is 16.9 Å². The number of carbonyl (C=O) groups is 3. The van der Waals surface area contributed by atoms with E-state index >= 15 is 0 Å². The second-order valence-corrected chi connectivity index (χ2v) is 8.64. The molecule has 0 aliphatic carbocycles. The summed E-state index contributed by atoms with van der Waals surface area (Å²) in [6.07, 6.45) is 0. The summed E-state index contributed by atoms with van der Waals surface area (Å²) in [5, 5.41) is 2.45. The van der Waals surface area contributed by atoms with E-state index in [-0.39, 0.29) is 6.61 Å². The van der Waals surface area contributed by atoms with Gasteiger partial charge in [-0.15, -0.1) is 0 Å². The first kappa shape index (κ1) is 27.2. The largest absolute Gasteiger partial charge is 0.492 e. The molecule has 1 aliphatic rings. The molecule has 0 radical (unpaired) electrons. The number of carbonyl (C=O) groups excluding carboxylic acids is 3. The summed E-state index contributed by atoms with van der Waals surface area (Å²) in [5.41, 5.74) is 0.458. The SMILES string of the molecule is CCOC(=O)[C@](C)(C(=O)NC)N(C)C(=O)c1ccc(-c2ccc(OCCN3CCOCC3)cc2)cc1. The predicted molar refractivity (Wildman–Crippen MR) is 136 cm³/mol. The Labute approximate surface area is 212 Å². The van der Waals surface area contributed by atoms with Gasteiger partial charge in [-0.1, -0.05) is 24.3 Å². The summed E-state index contributed by atoms with van der Waals surface area (Å²) >= 11 is 0. The van der Waals surface area contributed by atoms with Crippen LogP contribution in [0, 0.1) is 0 Å². The van der Waals surface area contributed by atoms with E-state index in [9.17, 15) is 14.4 Å². The zero-order chi connectivity index (χ0) is 26.1. The average Bonchev–Trinajstić information content (AvgIpc) is 2.92. The molecule has 1 heterocycles. The van der Waals surface area contributed by atoms with Gasteiger partial charge in [-0.3, -0.25) is 14.5 Å². The molecule has 2 amide bonds. The molecule has 1 N–H and O–H groups in total. The molecule has 2 aromatic rings. The zero-order valence-corrected chi connectivity index (χ0v) is 21.4. The number of likely N-dealkylation sites (N-methyl/N-ethyl adjacent to an activating group) is 2. The lowest BCUT2D eigenvalue weighted by Crippen LogP contribution is -2.62. The van der Waals surface area contributed by atoms with Crippen LogP contribution in [-0.4, -0.2) is 93.3 Å². The van der Waals surface area contributed by atoms with Gasteiger partial charge in [-0.2, -0.15) is 0 Å². The van der Waals surface area contributed by atoms with Crippen molar-refractivity contribution in [1.29, 1.82) is 0 Å². The van der Waals surface area contributed by atoms with Gasteiger partial charge in [0.05, 0.1) is 19.8 Å². The van der Waals surface area contributed by atoms with Crippen molar-refractivity contribution in [3.63, 3.8) is 0 Å². The lowest BCUT2D eigenvalue weighted by molar-refractivity contribution is -0.159. The van der Waals surface area contributed by atoms with Gasteiger partial charge in [0, 0.05) is 39.3 Å². The molecule has 194 valence electrons. The summed E-state index contributed by atoms with van der Waals surface area (Å²) < 4.78 is 16.3. The Morgan fingerprint density at radius 1 is 1.03 bits per heavy atom. The van der Waals surface area contributed by atoms with Crippen LogP contribution >= 0.6 is 0 Å². The van der Waals surface area contributed by atoms with Crippen LogP contribution in [0.4, 0.5) is 0 Å². The molecular formula is C27H35N3O6. The Kier molecular flexibility index (Phi) is 9.44. The highest BCUT2D eigenvalue weighted by Gasteiger charge is 2.48. The lowest BCUT2D eigenvalue weighted by atomic mass is 9.97. The molecule has 1 aliphatic heterocycles. The summed E-state index contributed by atoms with van der Waals surface area (Å²) in [6, 6.07) is 14.8. The molecular weight excluding hydrogens is 462 g/mol. The van der Waals surface area contributed by atoms with Crippen molar-refractivity contribution in [3.05, 3.63) is 54.1 Å². The van der Waals surface area contributed by atoms with Crippen molar-refractivity contribution in [2.24, 2.45) is 0 Å². The van der Waals surface area contributed by atoms with Crippen molar-refractivity contribution in [2.75, 3.05) is 60.2 Å². The molecule has 1 atom stereocenters. The van der Waals surface area contributed by atoms with Crippen LogP contribution in [0.5, 0.6) is 5.75 Å². The van der Waals surface area contributed by atoms with Crippen molar-refractivity contribution >= 4 is 17.8 Å². The second kappa shape index (κ2) is 12.5. The van der Waals surface area contributed by atoms with Gasteiger partial charge >= 0.3 is 5.97 Å². The molecule has 1 saturated heterocycles. The minimum Gasteiger partial charge on any atom is -0.492 e. The fraction of sp³-hybridized carbons (Fsp3) is 0.444. The minimum absolute atomic E-state index is 0.0971. The first-order chi connectivity index (χ1) is 17.3. The smallest absolute Gasteiger partial charge is 0.341 e. The molecule has 9 nitrogen and oxygen atoms in total. The maximum atomic E-state index is 13.1. The lowest BCUT2D eigenvalue weighted by Gasteiger charge is -2.34. The number of hydrogen-bond donors (Lipinski definition) is 1. The van der Waals surface area contributed by atoms with Crippen LogP contribution in [0.2, 0.25) is 0 Å². The number of amides is 2. The van der Waals surface area contributed by atoms with E-state index in [1.54, 1.807) is 19.1 Å². The van der Waals surface area contributed by atoms with Crippen molar-refractivity contribution in [2.45, 2.75) is 19.4 Å². The van der Waals surface area contributed by atoms with Gasteiger partial charge in [0.2, 0.25) is 5.54 Å². The van der Waals surface area contributed by atoms with E-state index in [4.69, 9.17) is 14.2 Å². The maximum absolute atomic E-state index is 13.1. The zero-order valence-electron chi connectivity index (χ0n) is 21.4. The van der Waals surface area contributed by atoms with E-state index in [0.717, 1.165) is 54.6 Å². The molecule has 36 heavy (non-hydrogen) atoms. The van der Waals surface area contributed by atoms with Crippen LogP contribution in [0.15, 0.2) is 48.5 Å². The fourth-order valence-electron chi connectivity index (χ4n) is 3.96. The third-order valence-corrected chi connectivity index (χ3v) is 6.42. The number of esters is 1. The quantitative estimate of drug-likeness (QED) is 0.397. The monoisotopic (exact) mass is 497 g/mol. The van der Waals surface area contributed by atoms with Gasteiger partial charge in [0.1, 0.15) is 12.4 Å². The third kappa shape index (κ3) is 6.22. The molecule has 0 spiro atoms. The maximum Gasteiger partial charge on any atom is 0.341 e. The average molecular weight is 498 g/mol. The van der Waals surface area contributed by atoms with Crippen LogP contribution in [-0.2, 0) is 19.1 Å². The van der Waals surface area contributed by atoms with E-state index in [1.807, 2.05) is 36.4 Å². The summed E-state index contributed by atoms with van der Waals surface area (Å²) in [6.45, 7) is 8.01. The molecule has 0 bridgehead atoms. The highest BCUT2D eigenvalue weighted by Crippen LogP contribution is 2.25. The topological polar surface area (TPSA) is 97.4 Å². The molecule has 3 rings (SSSR count). The standard InChI is InChI=1S/C27H35N3O6/c1-5-35-26(33)27(2,25(32)28-3)29(4)24(31)22-8-6-20(7-9-22)21-10-12-23(13-11-21)36-19-16-30-14-17-34-18-15-30/h6-13H,5,14-19H2,1-4H3,(H,28,32)/t27-/m0/s1. The van der Waals surface area contributed by atoms with Gasteiger partial charge in [-0.05, 0) is 49.2 Å². The number of nitrogens with zero attached hydrogens (tertiary/aromatic N) is 2. The van der Waals surface area contributed by atoms with Crippen LogP contribution in [0.25, 0.3) is 11.1 Å². The predicted octanol–water partition coefficient (Wildman–Crippen LogP) is 2.20. The number of rotatable bonds is 10.